The van der Waals surface area contributed by atoms with E-state index in [1.807, 2.05) is 4.90 Å². The number of hydrogen-bond acceptors (Lipinski definition) is 2. The number of morpholine rings is 1. The van der Waals surface area contributed by atoms with Gasteiger partial charge in [0.1, 0.15) is 0 Å². The van der Waals surface area contributed by atoms with Gasteiger partial charge in [-0.15, -0.1) is 0 Å². The van der Waals surface area contributed by atoms with Crippen LogP contribution in [0.5, 0.6) is 0 Å². The van der Waals surface area contributed by atoms with Gasteiger partial charge in [-0.3, -0.25) is 4.79 Å². The third-order valence-corrected chi connectivity index (χ3v) is 4.89. The van der Waals surface area contributed by atoms with Crippen molar-refractivity contribution in [2.75, 3.05) is 18.4 Å². The molecule has 1 aliphatic heterocycles. The number of ether oxygens (including phenoxy) is 1. The third kappa shape index (κ3) is 2.90. The van der Waals surface area contributed by atoms with Gasteiger partial charge < -0.3 is 9.64 Å². The summed E-state index contributed by atoms with van der Waals surface area (Å²) in [4.78, 5) is 14.8. The summed E-state index contributed by atoms with van der Waals surface area (Å²) >= 11 is 3.47. The Morgan fingerprint density at radius 3 is 2.50 bits per heavy atom. The largest absolute Gasteiger partial charge is 0.368 e. The first-order valence-electron chi connectivity index (χ1n) is 6.89. The maximum atomic E-state index is 12.7. The van der Waals surface area contributed by atoms with Crippen molar-refractivity contribution >= 4 is 21.8 Å². The predicted molar refractivity (Wildman–Crippen MR) is 75.9 cm³/mol. The number of carbonyl (C=O) groups excluding carboxylic acids is 1. The number of nitrogens with zero attached hydrogens (tertiary/aromatic N) is 1. The lowest BCUT2D eigenvalue weighted by atomic mass is 9.86. The molecule has 18 heavy (non-hydrogen) atoms. The zero-order valence-corrected chi connectivity index (χ0v) is 13.3. The Labute approximate surface area is 118 Å². The molecular formula is C14H24BrNO2. The first kappa shape index (κ1) is 14.3. The third-order valence-electron chi connectivity index (χ3n) is 4.16. The van der Waals surface area contributed by atoms with Crippen LogP contribution in [-0.2, 0) is 9.53 Å². The average molecular weight is 318 g/mol. The predicted octanol–water partition coefficient (Wildman–Crippen LogP) is 2.97. The van der Waals surface area contributed by atoms with E-state index in [1.165, 1.54) is 12.8 Å². The van der Waals surface area contributed by atoms with Crippen LogP contribution in [-0.4, -0.2) is 40.9 Å². The van der Waals surface area contributed by atoms with Gasteiger partial charge in [-0.05, 0) is 26.7 Å². The van der Waals surface area contributed by atoms with Crippen molar-refractivity contribution in [3.05, 3.63) is 0 Å². The molecule has 2 fully saturated rings. The van der Waals surface area contributed by atoms with E-state index in [9.17, 15) is 4.79 Å². The van der Waals surface area contributed by atoms with Crippen LogP contribution in [0.25, 0.3) is 0 Å². The van der Waals surface area contributed by atoms with Crippen molar-refractivity contribution in [2.45, 2.75) is 58.2 Å². The molecule has 1 heterocycles. The zero-order chi connectivity index (χ0) is 13.4. The van der Waals surface area contributed by atoms with E-state index in [2.05, 4.69) is 36.7 Å². The van der Waals surface area contributed by atoms with Crippen molar-refractivity contribution in [3.8, 4) is 0 Å². The molecule has 1 unspecified atom stereocenters. The first-order chi connectivity index (χ1) is 8.36. The molecule has 0 N–H and O–H groups in total. The molecule has 1 aliphatic carbocycles. The number of hydrogen-bond donors (Lipinski definition) is 0. The fourth-order valence-corrected chi connectivity index (χ4v) is 3.62. The number of carbonyl (C=O) groups is 1. The Kier molecular flexibility index (Phi) is 4.07. The minimum atomic E-state index is -0.235. The molecule has 3 nitrogen and oxygen atoms in total. The minimum Gasteiger partial charge on any atom is -0.368 e. The van der Waals surface area contributed by atoms with Gasteiger partial charge in [0.25, 0.3) is 0 Å². The van der Waals surface area contributed by atoms with Crippen LogP contribution in [0.1, 0.15) is 46.5 Å². The smallest absolute Gasteiger partial charge is 0.228 e. The molecule has 1 saturated heterocycles. The molecule has 0 aromatic rings. The van der Waals surface area contributed by atoms with Crippen LogP contribution in [0.4, 0.5) is 0 Å². The molecule has 2 aliphatic rings. The topological polar surface area (TPSA) is 29.5 Å². The van der Waals surface area contributed by atoms with E-state index < -0.39 is 0 Å². The fraction of sp³-hybridized carbons (Fsp3) is 0.929. The van der Waals surface area contributed by atoms with E-state index >= 15 is 0 Å². The van der Waals surface area contributed by atoms with E-state index in [1.54, 1.807) is 0 Å². The summed E-state index contributed by atoms with van der Waals surface area (Å²) in [7, 11) is 0. The summed E-state index contributed by atoms with van der Waals surface area (Å²) in [5.74, 6) is 0.335. The molecule has 104 valence electrons. The Hall–Kier alpha value is -0.0900. The lowest BCUT2D eigenvalue weighted by Gasteiger charge is -2.44. The second kappa shape index (κ2) is 5.12. The van der Waals surface area contributed by atoms with Crippen LogP contribution in [0.15, 0.2) is 0 Å². The van der Waals surface area contributed by atoms with Crippen LogP contribution >= 0.6 is 15.9 Å². The maximum absolute atomic E-state index is 12.7. The molecule has 1 atom stereocenters. The highest BCUT2D eigenvalue weighted by atomic mass is 79.9. The molecule has 0 spiro atoms. The summed E-state index contributed by atoms with van der Waals surface area (Å²) in [6.45, 7) is 7.71. The molecule has 1 saturated carbocycles. The number of amides is 1. The van der Waals surface area contributed by atoms with Crippen molar-refractivity contribution < 1.29 is 9.53 Å². The summed E-state index contributed by atoms with van der Waals surface area (Å²) in [6.07, 6.45) is 4.59. The second-order valence-corrected chi connectivity index (χ2v) is 7.25. The van der Waals surface area contributed by atoms with Gasteiger partial charge in [-0.2, -0.15) is 0 Å². The monoisotopic (exact) mass is 317 g/mol. The van der Waals surface area contributed by atoms with Gasteiger partial charge in [0, 0.05) is 23.8 Å². The first-order valence-corrected chi connectivity index (χ1v) is 8.02. The normalized spacial score (nSPS) is 30.4. The standard InChI is InChI=1S/C14H24BrNO2/c1-13(2)10-16(9-11(8-15)18-13)12(17)14(3)6-4-5-7-14/h11H,4-10H2,1-3H3. The Morgan fingerprint density at radius 1 is 1.33 bits per heavy atom. The van der Waals surface area contributed by atoms with Crippen molar-refractivity contribution in [2.24, 2.45) is 5.41 Å². The number of rotatable bonds is 2. The van der Waals surface area contributed by atoms with E-state index in [0.717, 1.165) is 24.7 Å². The lowest BCUT2D eigenvalue weighted by molar-refractivity contribution is -0.165. The average Bonchev–Trinajstić information content (AvgIpc) is 2.74. The molecule has 0 bridgehead atoms. The number of alkyl halides is 1. The van der Waals surface area contributed by atoms with Gasteiger partial charge >= 0.3 is 0 Å². The molecule has 0 aromatic carbocycles. The highest BCUT2D eigenvalue weighted by Crippen LogP contribution is 2.40. The molecule has 2 rings (SSSR count). The summed E-state index contributed by atoms with van der Waals surface area (Å²) in [5, 5.41) is 0.789. The Morgan fingerprint density at radius 2 is 1.94 bits per heavy atom. The lowest BCUT2D eigenvalue weighted by Crippen LogP contribution is -2.57. The Bertz CT molecular complexity index is 324. The van der Waals surface area contributed by atoms with Crippen molar-refractivity contribution in [1.82, 2.24) is 4.90 Å². The second-order valence-electron chi connectivity index (χ2n) is 6.61. The fourth-order valence-electron chi connectivity index (χ4n) is 3.28. The molecule has 0 radical (unpaired) electrons. The Balaban J connectivity index is 2.09. The summed E-state index contributed by atoms with van der Waals surface area (Å²) in [5.41, 5.74) is -0.356. The van der Waals surface area contributed by atoms with Gasteiger partial charge in [0.2, 0.25) is 5.91 Å². The van der Waals surface area contributed by atoms with Crippen LogP contribution in [0, 0.1) is 5.41 Å². The molecular weight excluding hydrogens is 294 g/mol. The quantitative estimate of drug-likeness (QED) is 0.733. The number of halogens is 1. The van der Waals surface area contributed by atoms with Crippen molar-refractivity contribution in [3.63, 3.8) is 0 Å². The minimum absolute atomic E-state index is 0.114. The van der Waals surface area contributed by atoms with E-state index in [0.29, 0.717) is 12.5 Å². The summed E-state index contributed by atoms with van der Waals surface area (Å²) < 4.78 is 5.96. The van der Waals surface area contributed by atoms with E-state index in [-0.39, 0.29) is 17.1 Å². The van der Waals surface area contributed by atoms with Crippen molar-refractivity contribution in [1.29, 1.82) is 0 Å². The van der Waals surface area contributed by atoms with Gasteiger partial charge in [0.15, 0.2) is 0 Å². The highest BCUT2D eigenvalue weighted by molar-refractivity contribution is 9.09. The van der Waals surface area contributed by atoms with Gasteiger partial charge in [-0.25, -0.2) is 0 Å². The molecule has 0 aromatic heterocycles. The summed E-state index contributed by atoms with van der Waals surface area (Å²) in [6, 6.07) is 0. The van der Waals surface area contributed by atoms with Gasteiger partial charge in [-0.1, -0.05) is 35.7 Å². The van der Waals surface area contributed by atoms with Crippen LogP contribution in [0.2, 0.25) is 0 Å². The van der Waals surface area contributed by atoms with Gasteiger partial charge in [0.05, 0.1) is 11.7 Å². The van der Waals surface area contributed by atoms with E-state index in [4.69, 9.17) is 4.74 Å². The molecule has 4 heteroatoms. The zero-order valence-electron chi connectivity index (χ0n) is 11.7. The SMILES string of the molecule is CC1(C)CN(C(=O)C2(C)CCCC2)CC(CBr)O1. The maximum Gasteiger partial charge on any atom is 0.228 e. The molecule has 1 amide bonds. The van der Waals surface area contributed by atoms with Crippen LogP contribution in [0.3, 0.4) is 0 Å². The highest BCUT2D eigenvalue weighted by Gasteiger charge is 2.43. The van der Waals surface area contributed by atoms with Crippen LogP contribution < -0.4 is 0 Å².